The van der Waals surface area contributed by atoms with E-state index < -0.39 is 0 Å². The van der Waals surface area contributed by atoms with Crippen molar-refractivity contribution >= 4 is 5.84 Å². The maximum atomic E-state index is 9.00. The number of hydrogen-bond acceptors (Lipinski definition) is 4. The van der Waals surface area contributed by atoms with Crippen LogP contribution in [-0.4, -0.2) is 25.8 Å². The molecule has 114 valence electrons. The Bertz CT molecular complexity index is 899. The van der Waals surface area contributed by atoms with Crippen LogP contribution < -0.4 is 5.32 Å². The zero-order chi connectivity index (χ0) is 15.8. The molecule has 3 heterocycles. The van der Waals surface area contributed by atoms with E-state index >= 15 is 0 Å². The van der Waals surface area contributed by atoms with Crippen molar-refractivity contribution in [3.63, 3.8) is 0 Å². The van der Waals surface area contributed by atoms with Gasteiger partial charge in [-0.15, -0.1) is 0 Å². The van der Waals surface area contributed by atoms with Crippen LogP contribution in [0.25, 0.3) is 22.4 Å². The Morgan fingerprint density at radius 2 is 1.96 bits per heavy atom. The number of aryl methyl sites for hydroxylation is 1. The molecule has 0 atom stereocenters. The molecule has 0 unspecified atom stereocenters. The van der Waals surface area contributed by atoms with Gasteiger partial charge >= 0.3 is 0 Å². The van der Waals surface area contributed by atoms with E-state index in [0.717, 1.165) is 33.5 Å². The molecular formula is C17H15N5O. The second kappa shape index (κ2) is 5.24. The lowest BCUT2D eigenvalue weighted by molar-refractivity contribution is 0.317. The molecule has 0 fully saturated rings. The van der Waals surface area contributed by atoms with Gasteiger partial charge in [0.2, 0.25) is 0 Å². The number of pyridine rings is 1. The summed E-state index contributed by atoms with van der Waals surface area (Å²) in [5, 5.41) is 19.9. The average molecular weight is 305 g/mol. The number of nitrogens with zero attached hydrogens (tertiary/aromatic N) is 4. The fraction of sp³-hybridized carbons (Fsp3) is 0.118. The number of amidine groups is 1. The number of hydrogen-bond donors (Lipinski definition) is 2. The van der Waals surface area contributed by atoms with Gasteiger partial charge < -0.3 is 10.5 Å². The quantitative estimate of drug-likeness (QED) is 0.563. The lowest BCUT2D eigenvalue weighted by atomic mass is 9.98. The van der Waals surface area contributed by atoms with E-state index in [9.17, 15) is 0 Å². The zero-order valence-corrected chi connectivity index (χ0v) is 12.6. The Morgan fingerprint density at radius 3 is 2.74 bits per heavy atom. The van der Waals surface area contributed by atoms with Crippen molar-refractivity contribution in [3.8, 4) is 22.4 Å². The minimum Gasteiger partial charge on any atom is -0.409 e. The van der Waals surface area contributed by atoms with E-state index in [1.807, 2.05) is 42.2 Å². The maximum absolute atomic E-state index is 9.00. The molecule has 0 bridgehead atoms. The van der Waals surface area contributed by atoms with Crippen molar-refractivity contribution < 1.29 is 5.21 Å². The van der Waals surface area contributed by atoms with Crippen LogP contribution in [0.2, 0.25) is 0 Å². The topological polar surface area (TPSA) is 75.3 Å². The molecule has 2 aromatic heterocycles. The van der Waals surface area contributed by atoms with Gasteiger partial charge in [-0.25, -0.2) is 0 Å². The van der Waals surface area contributed by atoms with Gasteiger partial charge in [-0.2, -0.15) is 5.10 Å². The Hall–Kier alpha value is -3.15. The van der Waals surface area contributed by atoms with Crippen LogP contribution >= 0.6 is 0 Å². The van der Waals surface area contributed by atoms with Crippen LogP contribution in [0, 0.1) is 0 Å². The van der Waals surface area contributed by atoms with Gasteiger partial charge in [-0.1, -0.05) is 17.3 Å². The van der Waals surface area contributed by atoms with Crippen molar-refractivity contribution in [2.45, 2.75) is 6.54 Å². The van der Waals surface area contributed by atoms with E-state index in [2.05, 4.69) is 26.6 Å². The van der Waals surface area contributed by atoms with Gasteiger partial charge in [-0.05, 0) is 29.3 Å². The lowest BCUT2D eigenvalue weighted by Crippen LogP contribution is -2.14. The van der Waals surface area contributed by atoms with Gasteiger partial charge in [0.25, 0.3) is 0 Å². The first-order valence-electron chi connectivity index (χ1n) is 7.30. The molecule has 0 radical (unpaired) electrons. The molecule has 6 heteroatoms. The number of oxime groups is 1. The van der Waals surface area contributed by atoms with Crippen LogP contribution in [0.1, 0.15) is 11.1 Å². The number of fused-ring (bicyclic) bond motifs is 1. The number of aromatic nitrogens is 3. The summed E-state index contributed by atoms with van der Waals surface area (Å²) in [4.78, 5) is 4.07. The van der Waals surface area contributed by atoms with Gasteiger partial charge in [0.1, 0.15) is 5.69 Å². The fourth-order valence-corrected chi connectivity index (χ4v) is 2.92. The van der Waals surface area contributed by atoms with Crippen LogP contribution in [0.4, 0.5) is 0 Å². The lowest BCUT2D eigenvalue weighted by Gasteiger charge is -2.05. The highest BCUT2D eigenvalue weighted by Crippen LogP contribution is 2.32. The van der Waals surface area contributed by atoms with Crippen LogP contribution in [0.3, 0.4) is 0 Å². The highest BCUT2D eigenvalue weighted by atomic mass is 16.4. The molecule has 4 rings (SSSR count). The first kappa shape index (κ1) is 13.5. The minimum atomic E-state index is 0.520. The largest absolute Gasteiger partial charge is 0.409 e. The SMILES string of the molecule is Cn1cc(-c2ccc3c(c2)CN/C3=N\O)c(-c2ccncc2)n1. The normalized spacial score (nSPS) is 14.7. The molecule has 1 aliphatic heterocycles. The van der Waals surface area contributed by atoms with Crippen LogP contribution in [-0.2, 0) is 13.6 Å². The van der Waals surface area contributed by atoms with E-state index in [1.165, 1.54) is 0 Å². The standard InChI is InChI=1S/C17H15N5O/c1-22-10-15(16(20-22)11-4-6-18-7-5-11)12-2-3-14-13(8-12)9-19-17(14)21-23/h2-8,10,23H,9H2,1H3,(H,19,21). The molecule has 0 aliphatic carbocycles. The number of benzene rings is 1. The Labute approximate surface area is 133 Å². The summed E-state index contributed by atoms with van der Waals surface area (Å²) >= 11 is 0. The summed E-state index contributed by atoms with van der Waals surface area (Å²) in [6.07, 6.45) is 5.55. The van der Waals surface area contributed by atoms with Crippen LogP contribution in [0.5, 0.6) is 0 Å². The van der Waals surface area contributed by atoms with Gasteiger partial charge in [0.05, 0.1) is 0 Å². The van der Waals surface area contributed by atoms with E-state index in [-0.39, 0.29) is 0 Å². The third kappa shape index (κ3) is 2.24. The van der Waals surface area contributed by atoms with E-state index in [0.29, 0.717) is 12.4 Å². The number of rotatable bonds is 2. The first-order chi connectivity index (χ1) is 11.3. The summed E-state index contributed by atoms with van der Waals surface area (Å²) in [5.74, 6) is 0.520. The summed E-state index contributed by atoms with van der Waals surface area (Å²) in [6, 6.07) is 10.0. The van der Waals surface area contributed by atoms with Gasteiger partial charge in [0.15, 0.2) is 5.84 Å². The third-order valence-corrected chi connectivity index (χ3v) is 4.00. The van der Waals surface area contributed by atoms with Crippen molar-refractivity contribution in [3.05, 3.63) is 60.0 Å². The van der Waals surface area contributed by atoms with Gasteiger partial charge in [-0.3, -0.25) is 9.67 Å². The molecule has 0 saturated carbocycles. The molecule has 0 saturated heterocycles. The van der Waals surface area contributed by atoms with Gasteiger partial charge in [0, 0.05) is 48.9 Å². The van der Waals surface area contributed by atoms with E-state index in [4.69, 9.17) is 5.21 Å². The fourth-order valence-electron chi connectivity index (χ4n) is 2.92. The molecular weight excluding hydrogens is 290 g/mol. The maximum Gasteiger partial charge on any atom is 0.173 e. The van der Waals surface area contributed by atoms with Crippen LogP contribution in [0.15, 0.2) is 54.1 Å². The smallest absolute Gasteiger partial charge is 0.173 e. The average Bonchev–Trinajstić information content (AvgIpc) is 3.18. The Balaban J connectivity index is 1.84. The Kier molecular flexibility index (Phi) is 3.08. The summed E-state index contributed by atoms with van der Waals surface area (Å²) in [5.41, 5.74) is 6.16. The highest BCUT2D eigenvalue weighted by Gasteiger charge is 2.19. The van der Waals surface area contributed by atoms with Crippen molar-refractivity contribution in [1.82, 2.24) is 20.1 Å². The Morgan fingerprint density at radius 1 is 1.13 bits per heavy atom. The summed E-state index contributed by atoms with van der Waals surface area (Å²) in [7, 11) is 1.92. The van der Waals surface area contributed by atoms with Crippen molar-refractivity contribution in [2.75, 3.05) is 0 Å². The highest BCUT2D eigenvalue weighted by molar-refractivity contribution is 6.02. The predicted octanol–water partition coefficient (Wildman–Crippen LogP) is 2.39. The molecule has 23 heavy (non-hydrogen) atoms. The molecule has 3 aromatic rings. The minimum absolute atomic E-state index is 0.520. The molecule has 0 amide bonds. The second-order valence-electron chi connectivity index (χ2n) is 5.48. The molecule has 2 N–H and O–H groups in total. The second-order valence-corrected chi connectivity index (χ2v) is 5.48. The molecule has 1 aliphatic rings. The summed E-state index contributed by atoms with van der Waals surface area (Å²) in [6.45, 7) is 0.660. The number of nitrogens with one attached hydrogen (secondary N) is 1. The first-order valence-corrected chi connectivity index (χ1v) is 7.30. The van der Waals surface area contributed by atoms with Crippen molar-refractivity contribution in [1.29, 1.82) is 0 Å². The third-order valence-electron chi connectivity index (χ3n) is 4.00. The van der Waals surface area contributed by atoms with E-state index in [1.54, 1.807) is 12.4 Å². The van der Waals surface area contributed by atoms with Crippen molar-refractivity contribution in [2.24, 2.45) is 12.2 Å². The monoisotopic (exact) mass is 305 g/mol. The predicted molar refractivity (Wildman–Crippen MR) is 87.0 cm³/mol. The molecule has 0 spiro atoms. The zero-order valence-electron chi connectivity index (χ0n) is 12.6. The molecule has 6 nitrogen and oxygen atoms in total. The molecule has 1 aromatic carbocycles. The summed E-state index contributed by atoms with van der Waals surface area (Å²) < 4.78 is 1.82.